The Labute approximate surface area is 115 Å². The largest absolute Gasteiger partial charge is 1.00 e. The highest BCUT2D eigenvalue weighted by atomic mass is 35.5. The van der Waals surface area contributed by atoms with Crippen molar-refractivity contribution in [1.29, 1.82) is 0 Å². The van der Waals surface area contributed by atoms with E-state index in [4.69, 9.17) is 0 Å². The van der Waals surface area contributed by atoms with Crippen LogP contribution in [0, 0.1) is 0 Å². The maximum Gasteiger partial charge on any atom is 0.0971 e. The summed E-state index contributed by atoms with van der Waals surface area (Å²) in [5.74, 6) is 0. The van der Waals surface area contributed by atoms with Gasteiger partial charge < -0.3 is 16.9 Å². The minimum atomic E-state index is 0. The molecule has 0 amide bonds. The molecule has 0 aliphatic rings. The summed E-state index contributed by atoms with van der Waals surface area (Å²) in [6.07, 6.45) is 12.3. The first kappa shape index (κ1) is 19.1. The third-order valence-electron chi connectivity index (χ3n) is 3.19. The number of hydrogen-bond acceptors (Lipinski definition) is 0. The smallest absolute Gasteiger partial charge is 0.0971 e. The fraction of sp³-hybridized carbons (Fsp3) is 0.733. The molecule has 0 heterocycles. The highest BCUT2D eigenvalue weighted by molar-refractivity contribution is 4.70. The highest BCUT2D eigenvalue weighted by Gasteiger charge is 2.16. The van der Waals surface area contributed by atoms with Crippen molar-refractivity contribution in [2.24, 2.45) is 0 Å². The molecule has 17 heavy (non-hydrogen) atoms. The Morgan fingerprint density at radius 3 is 1.82 bits per heavy atom. The molecule has 0 spiro atoms. The topological polar surface area (TPSA) is 0 Å². The minimum Gasteiger partial charge on any atom is -1.00 e. The molecule has 0 bridgehead atoms. The van der Waals surface area contributed by atoms with E-state index in [0.717, 1.165) is 17.6 Å². The van der Waals surface area contributed by atoms with E-state index in [1.54, 1.807) is 0 Å². The van der Waals surface area contributed by atoms with Gasteiger partial charge in [-0.3, -0.25) is 0 Å². The minimum absolute atomic E-state index is 0. The molecular formula is C15H30ClN. The second-order valence-corrected chi connectivity index (χ2v) is 5.05. The third-order valence-corrected chi connectivity index (χ3v) is 3.19. The molecule has 1 nitrogen and oxygen atoms in total. The molecule has 0 aliphatic heterocycles. The van der Waals surface area contributed by atoms with Crippen LogP contribution in [-0.4, -0.2) is 31.2 Å². The fourth-order valence-corrected chi connectivity index (χ4v) is 2.15. The Balaban J connectivity index is 0. The van der Waals surface area contributed by atoms with Crippen LogP contribution in [-0.2, 0) is 0 Å². The van der Waals surface area contributed by atoms with Crippen molar-refractivity contribution in [3.05, 3.63) is 25.3 Å². The number of hydrogen-bond donors (Lipinski definition) is 0. The zero-order valence-electron chi connectivity index (χ0n) is 11.8. The maximum absolute atomic E-state index is 3.85. The van der Waals surface area contributed by atoms with Crippen molar-refractivity contribution < 1.29 is 16.9 Å². The van der Waals surface area contributed by atoms with Gasteiger partial charge >= 0.3 is 0 Å². The molecule has 0 N–H and O–H groups in total. The standard InChI is InChI=1S/C15H30N.ClH/c1-5-8-9-10-11-12-15-16(4,13-6-2)14-7-3;/h6-7H,2-3,5,8-15H2,1,4H3;1H/q+1;/p-1. The fourth-order valence-electron chi connectivity index (χ4n) is 2.15. The van der Waals surface area contributed by atoms with E-state index >= 15 is 0 Å². The Kier molecular flexibility index (Phi) is 13.7. The first-order chi connectivity index (χ1) is 7.68. The Morgan fingerprint density at radius 1 is 0.882 bits per heavy atom. The van der Waals surface area contributed by atoms with Crippen molar-refractivity contribution in [3.63, 3.8) is 0 Å². The second-order valence-electron chi connectivity index (χ2n) is 5.05. The molecule has 0 atom stereocenters. The molecule has 0 fully saturated rings. The van der Waals surface area contributed by atoms with Crippen LogP contribution in [0.1, 0.15) is 45.4 Å². The number of likely N-dealkylation sites (N-methyl/N-ethyl adjacent to an activating group) is 1. The zero-order valence-corrected chi connectivity index (χ0v) is 12.5. The number of halogens is 1. The molecule has 0 aromatic carbocycles. The van der Waals surface area contributed by atoms with E-state index in [2.05, 4.69) is 27.1 Å². The molecule has 0 saturated carbocycles. The number of unbranched alkanes of at least 4 members (excludes halogenated alkanes) is 5. The third kappa shape index (κ3) is 10.6. The van der Waals surface area contributed by atoms with E-state index in [1.807, 2.05) is 12.2 Å². The van der Waals surface area contributed by atoms with Crippen molar-refractivity contribution in [1.82, 2.24) is 0 Å². The second kappa shape index (κ2) is 12.2. The lowest BCUT2D eigenvalue weighted by Gasteiger charge is -2.32. The summed E-state index contributed by atoms with van der Waals surface area (Å²) in [4.78, 5) is 0. The monoisotopic (exact) mass is 259 g/mol. The summed E-state index contributed by atoms with van der Waals surface area (Å²) in [6.45, 7) is 13.3. The lowest BCUT2D eigenvalue weighted by atomic mass is 10.1. The molecule has 0 rings (SSSR count). The van der Waals surface area contributed by atoms with Gasteiger partial charge in [0, 0.05) is 0 Å². The summed E-state index contributed by atoms with van der Waals surface area (Å²) >= 11 is 0. The average molecular weight is 260 g/mol. The van der Waals surface area contributed by atoms with Gasteiger partial charge in [-0.15, -0.1) is 0 Å². The van der Waals surface area contributed by atoms with Crippen LogP contribution >= 0.6 is 0 Å². The number of nitrogens with zero attached hydrogens (tertiary/aromatic N) is 1. The van der Waals surface area contributed by atoms with Crippen LogP contribution < -0.4 is 12.4 Å². The molecule has 0 radical (unpaired) electrons. The first-order valence-electron chi connectivity index (χ1n) is 6.74. The quantitative estimate of drug-likeness (QED) is 0.297. The van der Waals surface area contributed by atoms with E-state index in [9.17, 15) is 0 Å². The van der Waals surface area contributed by atoms with E-state index in [-0.39, 0.29) is 12.4 Å². The van der Waals surface area contributed by atoms with Crippen LogP contribution in [0.2, 0.25) is 0 Å². The number of rotatable bonds is 11. The van der Waals surface area contributed by atoms with Gasteiger partial charge in [-0.2, -0.15) is 0 Å². The van der Waals surface area contributed by atoms with Crippen LogP contribution in [0.25, 0.3) is 0 Å². The Morgan fingerprint density at radius 2 is 1.35 bits per heavy atom. The zero-order chi connectivity index (χ0) is 12.3. The van der Waals surface area contributed by atoms with Crippen LogP contribution in [0.15, 0.2) is 25.3 Å². The predicted molar refractivity (Wildman–Crippen MR) is 74.6 cm³/mol. The lowest BCUT2D eigenvalue weighted by Crippen LogP contribution is -3.00. The molecule has 0 saturated heterocycles. The van der Waals surface area contributed by atoms with Gasteiger partial charge in [-0.25, -0.2) is 0 Å². The summed E-state index contributed by atoms with van der Waals surface area (Å²) in [6, 6.07) is 0. The summed E-state index contributed by atoms with van der Waals surface area (Å²) in [5.41, 5.74) is 0. The van der Waals surface area contributed by atoms with E-state index in [1.165, 1.54) is 45.1 Å². The molecule has 102 valence electrons. The predicted octanol–water partition coefficient (Wildman–Crippen LogP) is 1.17. The molecule has 0 aromatic heterocycles. The maximum atomic E-state index is 3.85. The average Bonchev–Trinajstić information content (AvgIpc) is 2.24. The van der Waals surface area contributed by atoms with Crippen LogP contribution in [0.5, 0.6) is 0 Å². The van der Waals surface area contributed by atoms with Crippen LogP contribution in [0.4, 0.5) is 0 Å². The SMILES string of the molecule is C=CC[N+](C)(CC=C)CCCCCCCC.[Cl-]. The summed E-state index contributed by atoms with van der Waals surface area (Å²) < 4.78 is 1.07. The van der Waals surface area contributed by atoms with Crippen molar-refractivity contribution in [2.75, 3.05) is 26.7 Å². The molecule has 2 heteroatoms. The molecular weight excluding hydrogens is 230 g/mol. The van der Waals surface area contributed by atoms with Gasteiger partial charge in [0.15, 0.2) is 0 Å². The van der Waals surface area contributed by atoms with E-state index in [0.29, 0.717) is 0 Å². The van der Waals surface area contributed by atoms with Crippen molar-refractivity contribution in [3.8, 4) is 0 Å². The normalized spacial score (nSPS) is 10.7. The van der Waals surface area contributed by atoms with Gasteiger partial charge in [-0.1, -0.05) is 45.8 Å². The lowest BCUT2D eigenvalue weighted by molar-refractivity contribution is -0.898. The molecule has 0 aromatic rings. The van der Waals surface area contributed by atoms with E-state index < -0.39 is 0 Å². The first-order valence-corrected chi connectivity index (χ1v) is 6.74. The van der Waals surface area contributed by atoms with Gasteiger partial charge in [0.2, 0.25) is 0 Å². The summed E-state index contributed by atoms with van der Waals surface area (Å²) in [7, 11) is 2.30. The van der Waals surface area contributed by atoms with Gasteiger partial charge in [0.25, 0.3) is 0 Å². The van der Waals surface area contributed by atoms with Crippen LogP contribution in [0.3, 0.4) is 0 Å². The molecule has 0 aliphatic carbocycles. The Bertz CT molecular complexity index is 179. The molecule has 0 unspecified atom stereocenters. The van der Waals surface area contributed by atoms with Gasteiger partial charge in [0.1, 0.15) is 0 Å². The van der Waals surface area contributed by atoms with Crippen molar-refractivity contribution in [2.45, 2.75) is 45.4 Å². The number of quaternary nitrogens is 1. The Hall–Kier alpha value is -0.270. The van der Waals surface area contributed by atoms with Gasteiger partial charge in [0.05, 0.1) is 26.7 Å². The van der Waals surface area contributed by atoms with Gasteiger partial charge in [-0.05, 0) is 25.0 Å². The summed E-state index contributed by atoms with van der Waals surface area (Å²) in [5, 5.41) is 0. The highest BCUT2D eigenvalue weighted by Crippen LogP contribution is 2.10. The van der Waals surface area contributed by atoms with Crippen molar-refractivity contribution >= 4 is 0 Å².